The fourth-order valence-corrected chi connectivity index (χ4v) is 23.6. The Morgan fingerprint density at radius 3 is 1.10 bits per heavy atom. The van der Waals surface area contributed by atoms with Crippen LogP contribution in [0.3, 0.4) is 0 Å². The molecule has 0 unspecified atom stereocenters. The second-order valence-corrected chi connectivity index (χ2v) is 47.9. The predicted octanol–water partition coefficient (Wildman–Crippen LogP) is 17.5. The molecule has 5 aliphatic rings. The molecule has 5 aliphatic carbocycles. The third-order valence-corrected chi connectivity index (χ3v) is 35.8. The zero-order chi connectivity index (χ0) is 100. The van der Waals surface area contributed by atoms with Crippen LogP contribution in [0.5, 0.6) is 0 Å². The van der Waals surface area contributed by atoms with Crippen LogP contribution in [-0.4, -0.2) is 166 Å². The van der Waals surface area contributed by atoms with Crippen molar-refractivity contribution in [3.05, 3.63) is 219 Å². The number of aryl methyl sites for hydroxylation is 2. The number of nitrogens with one attached hydrogen (secondary N) is 10. The van der Waals surface area contributed by atoms with Gasteiger partial charge in [0.1, 0.15) is 74.3 Å². The third kappa shape index (κ3) is 22.0. The molecule has 0 radical (unpaired) electrons. The van der Waals surface area contributed by atoms with E-state index in [9.17, 15) is 83.8 Å². The summed E-state index contributed by atoms with van der Waals surface area (Å²) in [6, 6.07) is 25.8. The standard InChI is InChI=1S/C18H17BrF2N4O4S.C17H17BrFN5O3S.C17H16F2IN5O3S.C16H13BrF2N4O3S.C15H12F2IN5O2S/c1-9-14-16(29-24-9)13(21)15(22-12-3-2-10(19)8-11(12)20)17(23-14)25-30(27,28)18(4-5-18)6-7-26;18-11-1-2-13(12(19)9-11)21-14-10-15-20-6-7-24(15)22-16(14)23-28(26,27)17(3-4-17)5-8-25;18-11-9-10(20)1-2-12(11)22-14-15(19)25-13(3-7-21-25)23-16(14)24-29(27,28)17(4-5-17)6-8-26;1-7-13-15(26-22-7)12(19)14(20-11-5-2-8(17)6-10(11)18)16(21-13)23-27(24,25)9-3-4-9;16-10-7-8(18)1-4-11(10)20-13-14(17)23-12(5-6-19-23)21-15(13)22-26(24,25)9-2-3-9/h2-3,8,22,26H,4-7H2,1H3,(H,23,25);1-2,6-7,9-10,21,25H,3-5,8H2,(H,22,23);1-3,7,9,22,26H,4-6,8H2,(H,23,24);2,5-6,9,20H,3-4H2,1H3,(H,21,23);1,4-7,9,20H,2-3H2,(H,21,22). The quantitative estimate of drug-likeness (QED) is 0.0109. The van der Waals surface area contributed by atoms with Crippen LogP contribution in [0.4, 0.5) is 125 Å². The van der Waals surface area contributed by atoms with Crippen LogP contribution < -0.4 is 50.2 Å². The van der Waals surface area contributed by atoms with E-state index in [4.69, 9.17) is 9.05 Å². The van der Waals surface area contributed by atoms with E-state index in [1.54, 1.807) is 43.5 Å². The number of hydrogen-bond donors (Lipinski definition) is 13. The molecule has 0 aliphatic heterocycles. The minimum atomic E-state index is -4.01. The van der Waals surface area contributed by atoms with Gasteiger partial charge in [0.25, 0.3) is 0 Å². The minimum absolute atomic E-state index is 0.00973. The maximum atomic E-state index is 15.2. The number of halogens is 14. The number of hydrogen-bond acceptors (Lipinski definition) is 30. The molecule has 0 bridgehead atoms. The highest BCUT2D eigenvalue weighted by Crippen LogP contribution is 2.51. The van der Waals surface area contributed by atoms with Gasteiger partial charge in [0, 0.05) is 71.0 Å². The first-order valence-electron chi connectivity index (χ1n) is 41.7. The topological polar surface area (TPSA) is 520 Å². The average Bonchev–Trinajstić information content (AvgIpc) is 1.58. The number of rotatable bonds is 31. The molecule has 20 rings (SSSR count). The minimum Gasteiger partial charge on any atom is -0.396 e. The van der Waals surface area contributed by atoms with Gasteiger partial charge in [0.05, 0.1) is 71.3 Å². The monoisotopic (exact) mass is 2450 g/mol. The van der Waals surface area contributed by atoms with Crippen LogP contribution in [0.2, 0.25) is 0 Å². The molecule has 5 fully saturated rings. The summed E-state index contributed by atoms with van der Waals surface area (Å²) in [4.78, 5) is 20.7. The molecule has 13 N–H and O–H groups in total. The number of anilines is 15. The van der Waals surface area contributed by atoms with Crippen LogP contribution in [0.25, 0.3) is 39.1 Å². The molecule has 140 heavy (non-hydrogen) atoms. The van der Waals surface area contributed by atoms with Crippen molar-refractivity contribution in [1.82, 2.24) is 64.1 Å². The number of pyridine rings is 2. The summed E-state index contributed by atoms with van der Waals surface area (Å²) in [6.07, 6.45) is 10.6. The second kappa shape index (κ2) is 40.5. The number of imidazole rings is 1. The molecular weight excluding hydrogens is 2380 g/mol. The number of benzene rings is 5. The van der Waals surface area contributed by atoms with Crippen molar-refractivity contribution in [2.45, 2.75) is 122 Å². The number of aliphatic hydroxyl groups excluding tert-OH is 3. The van der Waals surface area contributed by atoms with Gasteiger partial charge in [-0.15, -0.1) is 5.10 Å². The molecule has 5 aromatic carbocycles. The number of fused-ring (bicyclic) bond motifs is 5. The van der Waals surface area contributed by atoms with E-state index in [1.165, 1.54) is 109 Å². The van der Waals surface area contributed by atoms with Gasteiger partial charge in [-0.05, 0) is 233 Å². The summed E-state index contributed by atoms with van der Waals surface area (Å²) in [6.45, 7) is 2.28. The van der Waals surface area contributed by atoms with Crippen molar-refractivity contribution in [3.8, 4) is 0 Å². The number of aromatic nitrogens is 13. The first-order chi connectivity index (χ1) is 66.4. The zero-order valence-corrected chi connectivity index (χ0v) is 85.2. The van der Waals surface area contributed by atoms with Crippen LogP contribution in [0, 0.1) is 73.6 Å². The normalized spacial score (nSPS) is 15.1. The molecule has 57 heteroatoms. The Balaban J connectivity index is 0.000000126. The van der Waals surface area contributed by atoms with E-state index in [2.05, 4.69) is 149 Å². The van der Waals surface area contributed by atoms with Crippen molar-refractivity contribution in [3.63, 3.8) is 0 Å². The Morgan fingerprint density at radius 2 is 0.743 bits per heavy atom. The van der Waals surface area contributed by atoms with Gasteiger partial charge in [-0.2, -0.15) is 28.0 Å². The van der Waals surface area contributed by atoms with E-state index in [0.717, 1.165) is 9.03 Å². The van der Waals surface area contributed by atoms with Crippen LogP contribution >= 0.6 is 93.0 Å². The highest BCUT2D eigenvalue weighted by Gasteiger charge is 2.57. The third-order valence-electron chi connectivity index (χ3n) is 22.7. The molecule has 0 amide bonds. The van der Waals surface area contributed by atoms with Crippen LogP contribution in [0.1, 0.15) is 94.9 Å². The number of aliphatic hydroxyl groups is 3. The van der Waals surface area contributed by atoms with Gasteiger partial charge < -0.3 is 50.9 Å². The molecule has 10 aromatic heterocycles. The largest absolute Gasteiger partial charge is 0.396 e. The van der Waals surface area contributed by atoms with Gasteiger partial charge in [-0.25, -0.2) is 102 Å². The summed E-state index contributed by atoms with van der Waals surface area (Å²) in [5.74, 6) is -7.94. The zero-order valence-electron chi connectivity index (χ0n) is 72.1. The average molecular weight is 2460 g/mol. The molecular formula is C83H75Br3F9I2N23O15S5. The summed E-state index contributed by atoms with van der Waals surface area (Å²) in [5.41, 5.74) is -0.324. The smallest absolute Gasteiger partial charge is 0.243 e. The lowest BCUT2D eigenvalue weighted by Crippen LogP contribution is -2.31. The Kier molecular flexibility index (Phi) is 29.5. The Bertz CT molecular complexity index is 8020. The maximum absolute atomic E-state index is 15.2. The highest BCUT2D eigenvalue weighted by molar-refractivity contribution is 14.1. The van der Waals surface area contributed by atoms with Gasteiger partial charge in [-0.1, -0.05) is 58.1 Å². The Labute approximate surface area is 841 Å². The fourth-order valence-electron chi connectivity index (χ4n) is 14.2. The molecule has 0 atom stereocenters. The van der Waals surface area contributed by atoms with Crippen molar-refractivity contribution >= 4 is 268 Å². The lowest BCUT2D eigenvalue weighted by Gasteiger charge is -2.19. The van der Waals surface area contributed by atoms with Crippen molar-refractivity contribution < 1.29 is 106 Å². The molecule has 10 heterocycles. The maximum Gasteiger partial charge on any atom is 0.243 e. The van der Waals surface area contributed by atoms with Crippen molar-refractivity contribution in [1.29, 1.82) is 0 Å². The Morgan fingerprint density at radius 1 is 0.407 bits per heavy atom. The number of nitrogens with zero attached hydrogens (tertiary/aromatic N) is 13. The highest BCUT2D eigenvalue weighted by atomic mass is 127. The summed E-state index contributed by atoms with van der Waals surface area (Å²) >= 11 is 13.4. The van der Waals surface area contributed by atoms with Crippen molar-refractivity contribution in [2.24, 2.45) is 0 Å². The van der Waals surface area contributed by atoms with E-state index in [0.29, 0.717) is 96.1 Å². The van der Waals surface area contributed by atoms with Gasteiger partial charge in [-0.3, -0.25) is 23.6 Å². The lowest BCUT2D eigenvalue weighted by atomic mass is 10.2. The van der Waals surface area contributed by atoms with Crippen molar-refractivity contribution in [2.75, 3.05) is 70.0 Å². The van der Waals surface area contributed by atoms with E-state index < -0.39 is 133 Å². The first-order valence-corrected chi connectivity index (χ1v) is 53.8. The van der Waals surface area contributed by atoms with E-state index in [1.807, 2.05) is 45.2 Å². The molecule has 0 spiro atoms. The molecule has 38 nitrogen and oxygen atoms in total. The SMILES string of the molecule is Cc1noc2c(F)c(Nc3ccc(Br)cc3F)c(NS(=O)(=O)C3(CCO)CC3)nc12.Cc1noc2c(F)c(Nc3ccc(Br)cc3F)c(NS(=O)(=O)C3CC3)nc12.O=S(=O)(Nc1nc2ccnn2c(F)c1Nc1ccc(I)cc1F)C1(CCO)CC1.O=S(=O)(Nc1nc2ccnn2c(F)c1Nc1ccc(I)cc1F)C1CC1.O=S(=O)(Nc1nn2ccnc2cc1Nc1ccc(Br)cc1F)C1(CCO)CC1. The second-order valence-electron chi connectivity index (χ2n) is 32.5. The Hall–Kier alpha value is -10.9. The van der Waals surface area contributed by atoms with Crippen LogP contribution in [-0.2, 0) is 50.1 Å². The van der Waals surface area contributed by atoms with E-state index in [-0.39, 0.29) is 159 Å². The molecule has 15 aromatic rings. The number of sulfonamides is 5. The summed E-state index contributed by atoms with van der Waals surface area (Å²) < 4.78 is 283. The molecule has 740 valence electrons. The fraction of sp³-hybridized carbons (Fsp3) is 0.277. The predicted molar refractivity (Wildman–Crippen MR) is 529 cm³/mol. The van der Waals surface area contributed by atoms with Gasteiger partial charge in [0.15, 0.2) is 57.7 Å². The molecule has 5 saturated carbocycles. The summed E-state index contributed by atoms with van der Waals surface area (Å²) in [5, 5.41) is 59.0. The van der Waals surface area contributed by atoms with Crippen LogP contribution in [0.15, 0.2) is 156 Å². The van der Waals surface area contributed by atoms with Gasteiger partial charge in [0.2, 0.25) is 73.2 Å². The lowest BCUT2D eigenvalue weighted by molar-refractivity contribution is 0.282. The first kappa shape index (κ1) is 102. The van der Waals surface area contributed by atoms with E-state index >= 15 is 13.2 Å². The summed E-state index contributed by atoms with van der Waals surface area (Å²) in [7, 11) is -19.2. The van der Waals surface area contributed by atoms with Gasteiger partial charge >= 0.3 is 0 Å². The molecule has 0 saturated heterocycles.